The zero-order chi connectivity index (χ0) is 11.9. The summed E-state index contributed by atoms with van der Waals surface area (Å²) in [7, 11) is 0. The van der Waals surface area contributed by atoms with Gasteiger partial charge in [0.1, 0.15) is 6.04 Å². The van der Waals surface area contributed by atoms with Crippen LogP contribution in [0.25, 0.3) is 0 Å². The van der Waals surface area contributed by atoms with Gasteiger partial charge in [0.05, 0.1) is 13.2 Å². The molecule has 1 unspecified atom stereocenters. The van der Waals surface area contributed by atoms with E-state index in [0.717, 1.165) is 45.6 Å². The van der Waals surface area contributed by atoms with E-state index in [9.17, 15) is 4.79 Å². The lowest BCUT2D eigenvalue weighted by atomic mass is 9.97. The summed E-state index contributed by atoms with van der Waals surface area (Å²) in [6.07, 6.45) is 3.31. The summed E-state index contributed by atoms with van der Waals surface area (Å²) in [5, 5.41) is 6.13. The van der Waals surface area contributed by atoms with Crippen LogP contribution in [0.3, 0.4) is 0 Å². The van der Waals surface area contributed by atoms with Crippen LogP contribution in [0.1, 0.15) is 19.3 Å². The van der Waals surface area contributed by atoms with Crippen molar-refractivity contribution in [2.75, 3.05) is 39.5 Å². The van der Waals surface area contributed by atoms with E-state index >= 15 is 0 Å². The molecule has 0 aromatic rings. The quantitative estimate of drug-likeness (QED) is 0.778. The van der Waals surface area contributed by atoms with Gasteiger partial charge in [-0.1, -0.05) is 0 Å². The number of rotatable bonds is 4. The van der Waals surface area contributed by atoms with E-state index in [1.807, 2.05) is 0 Å². The van der Waals surface area contributed by atoms with E-state index in [2.05, 4.69) is 10.6 Å². The van der Waals surface area contributed by atoms with Gasteiger partial charge >= 0.3 is 0 Å². The third kappa shape index (κ3) is 5.10. The molecule has 0 radical (unpaired) electrons. The fraction of sp³-hybridized carbons (Fsp3) is 0.917. The van der Waals surface area contributed by atoms with Crippen LogP contribution in [0, 0.1) is 5.92 Å². The molecular formula is C12H23ClN2O3. The zero-order valence-electron chi connectivity index (χ0n) is 10.7. The average Bonchev–Trinajstić information content (AvgIpc) is 2.41. The highest BCUT2D eigenvalue weighted by Crippen LogP contribution is 2.17. The van der Waals surface area contributed by atoms with Crippen LogP contribution in [-0.4, -0.2) is 51.5 Å². The number of halogens is 1. The molecule has 0 aliphatic carbocycles. The van der Waals surface area contributed by atoms with Crippen LogP contribution in [0.2, 0.25) is 0 Å². The molecular weight excluding hydrogens is 256 g/mol. The third-order valence-corrected chi connectivity index (χ3v) is 3.43. The van der Waals surface area contributed by atoms with Crippen LogP contribution in [-0.2, 0) is 14.3 Å². The second-order valence-electron chi connectivity index (χ2n) is 4.72. The molecule has 2 aliphatic rings. The van der Waals surface area contributed by atoms with E-state index in [0.29, 0.717) is 19.1 Å². The van der Waals surface area contributed by atoms with E-state index in [1.165, 1.54) is 0 Å². The van der Waals surface area contributed by atoms with Crippen LogP contribution in [0.15, 0.2) is 0 Å². The number of carbonyl (C=O) groups excluding carboxylic acids is 1. The van der Waals surface area contributed by atoms with Crippen LogP contribution >= 0.6 is 12.4 Å². The molecule has 6 heteroatoms. The number of morpholine rings is 1. The molecule has 0 aromatic carbocycles. The van der Waals surface area contributed by atoms with Crippen LogP contribution < -0.4 is 10.6 Å². The summed E-state index contributed by atoms with van der Waals surface area (Å²) in [4.78, 5) is 11.8. The Labute approximate surface area is 114 Å². The topological polar surface area (TPSA) is 59.6 Å². The Bertz CT molecular complexity index is 241. The molecule has 2 heterocycles. The molecule has 2 fully saturated rings. The first-order valence-electron chi connectivity index (χ1n) is 6.53. The number of carbonyl (C=O) groups is 1. The van der Waals surface area contributed by atoms with E-state index < -0.39 is 0 Å². The minimum atomic E-state index is -0.168. The summed E-state index contributed by atoms with van der Waals surface area (Å²) >= 11 is 0. The summed E-state index contributed by atoms with van der Waals surface area (Å²) in [6, 6.07) is -0.168. The molecule has 18 heavy (non-hydrogen) atoms. The second kappa shape index (κ2) is 8.69. The number of hydrogen-bond donors (Lipinski definition) is 2. The number of hydrogen-bond acceptors (Lipinski definition) is 4. The first kappa shape index (κ1) is 15.7. The molecule has 1 atom stereocenters. The Morgan fingerprint density at radius 3 is 2.67 bits per heavy atom. The van der Waals surface area contributed by atoms with Crippen molar-refractivity contribution in [1.82, 2.24) is 10.6 Å². The van der Waals surface area contributed by atoms with Crippen molar-refractivity contribution in [3.63, 3.8) is 0 Å². The first-order chi connectivity index (χ1) is 8.36. The monoisotopic (exact) mass is 278 g/mol. The van der Waals surface area contributed by atoms with Gasteiger partial charge in [-0.05, 0) is 25.2 Å². The van der Waals surface area contributed by atoms with Crippen molar-refractivity contribution in [3.8, 4) is 0 Å². The van der Waals surface area contributed by atoms with E-state index in [1.54, 1.807) is 0 Å². The van der Waals surface area contributed by atoms with E-state index in [-0.39, 0.29) is 24.4 Å². The van der Waals surface area contributed by atoms with E-state index in [4.69, 9.17) is 9.47 Å². The predicted molar refractivity (Wildman–Crippen MR) is 71.0 cm³/mol. The Balaban J connectivity index is 0.00000162. The maximum absolute atomic E-state index is 11.8. The fourth-order valence-electron chi connectivity index (χ4n) is 2.29. The van der Waals surface area contributed by atoms with Crippen LogP contribution in [0.5, 0.6) is 0 Å². The molecule has 5 nitrogen and oxygen atoms in total. The summed E-state index contributed by atoms with van der Waals surface area (Å²) in [5.41, 5.74) is 0. The Hall–Kier alpha value is -0.360. The van der Waals surface area contributed by atoms with Crippen molar-refractivity contribution >= 4 is 18.3 Å². The normalized spacial score (nSPS) is 25.2. The number of nitrogens with one attached hydrogen (secondary N) is 2. The predicted octanol–water partition coefficient (Wildman–Crippen LogP) is 0.329. The summed E-state index contributed by atoms with van der Waals surface area (Å²) in [6.45, 7) is 4.46. The van der Waals surface area contributed by atoms with Gasteiger partial charge in [0.2, 0.25) is 5.91 Å². The van der Waals surface area contributed by atoms with Crippen LogP contribution in [0.4, 0.5) is 0 Å². The minimum absolute atomic E-state index is 0. The van der Waals surface area contributed by atoms with Gasteiger partial charge in [0.15, 0.2) is 0 Å². The molecule has 106 valence electrons. The van der Waals surface area contributed by atoms with Gasteiger partial charge in [0.25, 0.3) is 0 Å². The van der Waals surface area contributed by atoms with Crippen molar-refractivity contribution in [1.29, 1.82) is 0 Å². The molecule has 1 amide bonds. The average molecular weight is 279 g/mol. The Morgan fingerprint density at radius 2 is 2.00 bits per heavy atom. The fourth-order valence-corrected chi connectivity index (χ4v) is 2.29. The third-order valence-electron chi connectivity index (χ3n) is 3.43. The summed E-state index contributed by atoms with van der Waals surface area (Å²) < 4.78 is 10.6. The molecule has 2 aliphatic heterocycles. The zero-order valence-corrected chi connectivity index (χ0v) is 11.5. The smallest absolute Gasteiger partial charge is 0.239 e. The van der Waals surface area contributed by atoms with Gasteiger partial charge in [-0.25, -0.2) is 0 Å². The lowest BCUT2D eigenvalue weighted by Gasteiger charge is -2.24. The molecule has 2 saturated heterocycles. The van der Waals surface area contributed by atoms with Gasteiger partial charge in [-0.2, -0.15) is 0 Å². The first-order valence-corrected chi connectivity index (χ1v) is 6.53. The highest BCUT2D eigenvalue weighted by molar-refractivity contribution is 5.85. The lowest BCUT2D eigenvalue weighted by Crippen LogP contribution is -2.51. The molecule has 0 saturated carbocycles. The van der Waals surface area contributed by atoms with Gasteiger partial charge in [-0.15, -0.1) is 12.4 Å². The molecule has 0 bridgehead atoms. The highest BCUT2D eigenvalue weighted by Gasteiger charge is 2.21. The Morgan fingerprint density at radius 1 is 1.22 bits per heavy atom. The number of amides is 1. The lowest BCUT2D eigenvalue weighted by molar-refractivity contribution is -0.125. The minimum Gasteiger partial charge on any atom is -0.381 e. The SMILES string of the molecule is Cl.O=C(NCCC1CCOCC1)C1COCCN1. The molecule has 2 rings (SSSR count). The van der Waals surface area contributed by atoms with Crippen molar-refractivity contribution in [3.05, 3.63) is 0 Å². The Kier molecular flexibility index (Phi) is 7.58. The van der Waals surface area contributed by atoms with Crippen molar-refractivity contribution in [2.45, 2.75) is 25.3 Å². The maximum atomic E-state index is 11.8. The number of ether oxygens (including phenoxy) is 2. The van der Waals surface area contributed by atoms with Crippen molar-refractivity contribution in [2.24, 2.45) is 5.92 Å². The summed E-state index contributed by atoms with van der Waals surface area (Å²) in [5.74, 6) is 0.774. The standard InChI is InChI=1S/C12H22N2O3.ClH/c15-12(11-9-17-8-5-13-11)14-4-1-10-2-6-16-7-3-10;/h10-11,13H,1-9H2,(H,14,15);1H. The van der Waals surface area contributed by atoms with Gasteiger partial charge in [-0.3, -0.25) is 4.79 Å². The molecule has 0 spiro atoms. The second-order valence-corrected chi connectivity index (χ2v) is 4.72. The molecule has 0 aromatic heterocycles. The van der Waals surface area contributed by atoms with Gasteiger partial charge in [0, 0.05) is 26.3 Å². The largest absolute Gasteiger partial charge is 0.381 e. The van der Waals surface area contributed by atoms with Crippen molar-refractivity contribution < 1.29 is 14.3 Å². The maximum Gasteiger partial charge on any atom is 0.239 e. The van der Waals surface area contributed by atoms with Gasteiger partial charge < -0.3 is 20.1 Å². The molecule has 2 N–H and O–H groups in total. The highest BCUT2D eigenvalue weighted by atomic mass is 35.5.